The van der Waals surface area contributed by atoms with E-state index in [2.05, 4.69) is 158 Å². The number of benzene rings is 7. The lowest BCUT2D eigenvalue weighted by Crippen LogP contribution is -2.36. The van der Waals surface area contributed by atoms with Crippen molar-refractivity contribution in [3.8, 4) is 22.3 Å². The fourth-order valence-electron chi connectivity index (χ4n) is 7.65. The Bertz CT molecular complexity index is 3060. The summed E-state index contributed by atoms with van der Waals surface area (Å²) in [4.78, 5) is 20.5. The molecule has 0 saturated carbocycles. The molecule has 3 aromatic heterocycles. The number of hydrogen-bond acceptors (Lipinski definition) is 9. The third kappa shape index (κ3) is 8.40. The summed E-state index contributed by atoms with van der Waals surface area (Å²) in [6.45, 7) is 5.89. The molecule has 300 valence electrons. The van der Waals surface area contributed by atoms with Crippen molar-refractivity contribution in [3.05, 3.63) is 170 Å². The van der Waals surface area contributed by atoms with Crippen LogP contribution < -0.4 is 0 Å². The first-order chi connectivity index (χ1) is 29.9. The van der Waals surface area contributed by atoms with Crippen LogP contribution in [0.15, 0.2) is 184 Å². The predicted octanol–water partition coefficient (Wildman–Crippen LogP) is 16.1. The quantitative estimate of drug-likeness (QED) is 0.0615. The Morgan fingerprint density at radius 1 is 0.574 bits per heavy atom. The number of fused-ring (bicyclic) bond motifs is 7. The van der Waals surface area contributed by atoms with Crippen molar-refractivity contribution in [2.24, 2.45) is 5.41 Å². The van der Waals surface area contributed by atoms with Crippen molar-refractivity contribution in [1.82, 2.24) is 4.98 Å². The zero-order valence-electron chi connectivity index (χ0n) is 33.3. The van der Waals surface area contributed by atoms with Crippen molar-refractivity contribution < 1.29 is 9.53 Å². The molecule has 0 fully saturated rings. The minimum atomic E-state index is -0.425. The predicted molar refractivity (Wildman–Crippen MR) is 270 cm³/mol. The topological polar surface area (TPSA) is 39.2 Å². The molecule has 3 nitrogen and oxygen atoms in total. The maximum absolute atomic E-state index is 13.1. The molecule has 0 aliphatic rings. The molecule has 7 aromatic carbocycles. The van der Waals surface area contributed by atoms with Crippen molar-refractivity contribution in [3.63, 3.8) is 0 Å². The van der Waals surface area contributed by atoms with Crippen molar-refractivity contribution >= 4 is 126 Å². The standard InChI is InChI=1S/C52H39NO2S6/c1-33(2)50(54)55-29-52(32-58-51-53-44-23-5-8-26-47(44)61-51,30-56-36-15-9-13-34(27-36)38-19-11-21-42-40-17-3-6-24-45(40)59-48(38)42)31-57-37-16-10-14-35(28-37)39-20-12-22-43-41-18-4-7-25-46(41)60-49(39)43/h3-28H,1,29-32H2,2H3. The number of hydrogen-bond donors (Lipinski definition) is 0. The third-order valence-corrected chi connectivity index (χ3v) is 18.5. The number of aromatic nitrogens is 1. The fraction of sp³-hybridized carbons (Fsp3) is 0.115. The van der Waals surface area contributed by atoms with Gasteiger partial charge < -0.3 is 4.74 Å². The first kappa shape index (κ1) is 40.2. The van der Waals surface area contributed by atoms with E-state index in [1.54, 1.807) is 30.0 Å². The van der Waals surface area contributed by atoms with E-state index in [0.717, 1.165) is 27.1 Å². The highest BCUT2D eigenvalue weighted by Gasteiger charge is 2.34. The number of thiazole rings is 1. The van der Waals surface area contributed by atoms with Gasteiger partial charge in [-0.05, 0) is 77.7 Å². The molecule has 0 N–H and O–H groups in total. The molecule has 0 aliphatic heterocycles. The average molecular weight is 902 g/mol. The third-order valence-electron chi connectivity index (χ3n) is 10.8. The summed E-state index contributed by atoms with van der Waals surface area (Å²) in [6.07, 6.45) is 0. The summed E-state index contributed by atoms with van der Waals surface area (Å²) < 4.78 is 13.5. The lowest BCUT2D eigenvalue weighted by Gasteiger charge is -2.32. The number of rotatable bonds is 14. The van der Waals surface area contributed by atoms with Gasteiger partial charge in [0, 0.05) is 78.4 Å². The highest BCUT2D eigenvalue weighted by atomic mass is 32.2. The van der Waals surface area contributed by atoms with Gasteiger partial charge in [0.2, 0.25) is 0 Å². The Kier molecular flexibility index (Phi) is 11.5. The fourth-order valence-corrected chi connectivity index (χ4v) is 15.1. The van der Waals surface area contributed by atoms with Gasteiger partial charge in [0.05, 0.1) is 16.8 Å². The Labute approximate surface area is 379 Å². The molecule has 10 aromatic rings. The second-order valence-electron chi connectivity index (χ2n) is 15.3. The highest BCUT2D eigenvalue weighted by Crippen LogP contribution is 2.45. The van der Waals surface area contributed by atoms with Gasteiger partial charge >= 0.3 is 5.97 Å². The Balaban J connectivity index is 0.981. The van der Waals surface area contributed by atoms with Crippen LogP contribution in [-0.2, 0) is 9.53 Å². The van der Waals surface area contributed by atoms with Crippen LogP contribution in [0.2, 0.25) is 0 Å². The van der Waals surface area contributed by atoms with E-state index in [4.69, 9.17) is 9.72 Å². The van der Waals surface area contributed by atoms with E-state index < -0.39 is 5.41 Å². The zero-order chi connectivity index (χ0) is 41.3. The van der Waals surface area contributed by atoms with E-state index in [1.807, 2.05) is 52.3 Å². The van der Waals surface area contributed by atoms with Gasteiger partial charge in [0.1, 0.15) is 0 Å². The molecule has 9 heteroatoms. The van der Waals surface area contributed by atoms with Crippen LogP contribution in [-0.4, -0.2) is 34.8 Å². The SMILES string of the molecule is C=C(C)C(=O)OCC(CSc1cccc(-c2cccc3c2sc2ccccc23)c1)(CSc1cccc(-c2cccc3c2sc2ccccc23)c1)CSc1nc2ccccc2s1. The van der Waals surface area contributed by atoms with Gasteiger partial charge in [0.15, 0.2) is 4.34 Å². The molecule has 3 heterocycles. The van der Waals surface area contributed by atoms with Crippen LogP contribution >= 0.6 is 69.3 Å². The lowest BCUT2D eigenvalue weighted by atomic mass is 9.97. The monoisotopic (exact) mass is 901 g/mol. The van der Waals surface area contributed by atoms with Gasteiger partial charge in [-0.2, -0.15) is 0 Å². The normalized spacial score (nSPS) is 12.0. The van der Waals surface area contributed by atoms with Crippen LogP contribution in [0.25, 0.3) is 72.8 Å². The van der Waals surface area contributed by atoms with Crippen LogP contribution in [0.3, 0.4) is 0 Å². The highest BCUT2D eigenvalue weighted by molar-refractivity contribution is 8.02. The Hall–Kier alpha value is -4.87. The molecule has 0 amide bonds. The number of esters is 1. The summed E-state index contributed by atoms with van der Waals surface area (Å²) in [6, 6.07) is 56.7. The second kappa shape index (κ2) is 17.5. The average Bonchev–Trinajstić information content (AvgIpc) is 4.02. The second-order valence-corrected chi connectivity index (χ2v) is 21.7. The first-order valence-corrected chi connectivity index (χ1v) is 25.4. The molecular formula is C52H39NO2S6. The maximum atomic E-state index is 13.1. The smallest absolute Gasteiger partial charge is 0.333 e. The number of para-hydroxylation sites is 1. The summed E-state index contributed by atoms with van der Waals surface area (Å²) in [5, 5.41) is 5.19. The minimum Gasteiger partial charge on any atom is -0.462 e. The van der Waals surface area contributed by atoms with E-state index in [9.17, 15) is 4.79 Å². The molecule has 0 bridgehead atoms. The van der Waals surface area contributed by atoms with Crippen molar-refractivity contribution in [2.45, 2.75) is 21.1 Å². The van der Waals surface area contributed by atoms with E-state index in [-0.39, 0.29) is 12.6 Å². The number of carbonyl (C=O) groups excluding carboxylic acids is 1. The number of thioether (sulfide) groups is 3. The van der Waals surface area contributed by atoms with Crippen molar-refractivity contribution in [2.75, 3.05) is 23.9 Å². The molecule has 10 rings (SSSR count). The van der Waals surface area contributed by atoms with Crippen molar-refractivity contribution in [1.29, 1.82) is 0 Å². The molecule has 0 aliphatic carbocycles. The number of nitrogens with zero attached hydrogens (tertiary/aromatic N) is 1. The van der Waals surface area contributed by atoms with Gasteiger partial charge in [-0.25, -0.2) is 9.78 Å². The van der Waals surface area contributed by atoms with Crippen LogP contribution in [0.1, 0.15) is 6.92 Å². The summed E-state index contributed by atoms with van der Waals surface area (Å²) in [5.41, 5.74) is 5.88. The summed E-state index contributed by atoms with van der Waals surface area (Å²) >= 11 is 10.9. The number of ether oxygens (including phenoxy) is 1. The maximum Gasteiger partial charge on any atom is 0.333 e. The van der Waals surface area contributed by atoms with E-state index in [0.29, 0.717) is 5.57 Å². The van der Waals surface area contributed by atoms with Gasteiger partial charge in [-0.15, -0.1) is 57.5 Å². The zero-order valence-corrected chi connectivity index (χ0v) is 38.2. The number of carbonyl (C=O) groups is 1. The molecular weight excluding hydrogens is 863 g/mol. The van der Waals surface area contributed by atoms with Crippen LogP contribution in [0.5, 0.6) is 0 Å². The molecule has 0 radical (unpaired) electrons. The van der Waals surface area contributed by atoms with Gasteiger partial charge in [-0.3, -0.25) is 0 Å². The Morgan fingerprint density at radius 3 is 1.62 bits per heavy atom. The lowest BCUT2D eigenvalue weighted by molar-refractivity contribution is -0.141. The van der Waals surface area contributed by atoms with E-state index >= 15 is 0 Å². The molecule has 61 heavy (non-hydrogen) atoms. The molecule has 0 spiro atoms. The summed E-state index contributed by atoms with van der Waals surface area (Å²) in [5.74, 6) is 1.83. The molecule has 0 atom stereocenters. The van der Waals surface area contributed by atoms with Crippen LogP contribution in [0.4, 0.5) is 0 Å². The van der Waals surface area contributed by atoms with Gasteiger partial charge in [-0.1, -0.05) is 128 Å². The summed E-state index contributed by atoms with van der Waals surface area (Å²) in [7, 11) is 0. The van der Waals surface area contributed by atoms with Crippen LogP contribution in [0, 0.1) is 5.41 Å². The Morgan fingerprint density at radius 2 is 1.07 bits per heavy atom. The molecule has 0 saturated heterocycles. The number of thiophene rings is 2. The van der Waals surface area contributed by atoms with E-state index in [1.165, 1.54) is 77.1 Å². The minimum absolute atomic E-state index is 0.262. The largest absolute Gasteiger partial charge is 0.462 e. The molecule has 0 unspecified atom stereocenters. The van der Waals surface area contributed by atoms with Gasteiger partial charge in [0.25, 0.3) is 0 Å². The first-order valence-electron chi connectivity index (χ1n) is 20.0.